The Morgan fingerprint density at radius 1 is 1.03 bits per heavy atom. The van der Waals surface area contributed by atoms with Crippen LogP contribution in [-0.2, 0) is 15.8 Å². The number of nitrogens with zero attached hydrogens (tertiary/aromatic N) is 1. The second-order valence-corrected chi connectivity index (χ2v) is 11.2. The van der Waals surface area contributed by atoms with E-state index in [9.17, 15) is 22.8 Å². The van der Waals surface area contributed by atoms with Crippen LogP contribution in [0.25, 0.3) is 6.08 Å². The van der Waals surface area contributed by atoms with Crippen LogP contribution in [0.5, 0.6) is 0 Å². The molecule has 0 atom stereocenters. The van der Waals surface area contributed by atoms with Crippen LogP contribution in [0.4, 0.5) is 18.9 Å². The number of carbonyl (C=O) groups excluding carboxylic acids is 2. The molecule has 0 fully saturated rings. The number of anilines is 1. The van der Waals surface area contributed by atoms with E-state index in [1.807, 2.05) is 12.1 Å². The Labute approximate surface area is 221 Å². The number of fused-ring (bicyclic) bond motifs is 1. The Bertz CT molecular complexity index is 1100. The van der Waals surface area contributed by atoms with Gasteiger partial charge in [-0.25, -0.2) is 0 Å². The molecule has 0 aliphatic carbocycles. The molecule has 5 nitrogen and oxygen atoms in total. The molecule has 37 heavy (non-hydrogen) atoms. The second kappa shape index (κ2) is 12.6. The van der Waals surface area contributed by atoms with Crippen molar-refractivity contribution < 1.29 is 27.7 Å². The van der Waals surface area contributed by atoms with Crippen molar-refractivity contribution in [2.24, 2.45) is 11.8 Å². The summed E-state index contributed by atoms with van der Waals surface area (Å²) in [5, 5.41) is 2.96. The van der Waals surface area contributed by atoms with Gasteiger partial charge in [0.2, 0.25) is 5.91 Å². The predicted octanol–water partition coefficient (Wildman–Crippen LogP) is 4.50. The molecule has 9 heteroatoms. The lowest BCUT2D eigenvalue weighted by Crippen LogP contribution is -3.13. The molecule has 2 amide bonds. The maximum absolute atomic E-state index is 13.4. The van der Waals surface area contributed by atoms with Gasteiger partial charge in [0, 0.05) is 16.7 Å². The Morgan fingerprint density at radius 2 is 1.65 bits per heavy atom. The number of quaternary nitrogens is 1. The molecule has 1 aliphatic rings. The number of alkyl halides is 3. The fourth-order valence-corrected chi connectivity index (χ4v) is 5.42. The van der Waals surface area contributed by atoms with Gasteiger partial charge < -0.3 is 10.2 Å². The summed E-state index contributed by atoms with van der Waals surface area (Å²) in [5.74, 6) is 0.501. The summed E-state index contributed by atoms with van der Waals surface area (Å²) in [6.45, 7) is 12.0. The zero-order valence-corrected chi connectivity index (χ0v) is 22.5. The van der Waals surface area contributed by atoms with Crippen molar-refractivity contribution in [3.8, 4) is 0 Å². The Balaban J connectivity index is 1.71. The topological polar surface area (TPSA) is 53.9 Å². The number of hydrogen-bond donors (Lipinski definition) is 2. The first kappa shape index (κ1) is 28.8. The van der Waals surface area contributed by atoms with Crippen molar-refractivity contribution in [2.75, 3.05) is 37.6 Å². The Morgan fingerprint density at radius 3 is 2.24 bits per heavy atom. The third-order valence-electron chi connectivity index (χ3n) is 5.86. The predicted molar refractivity (Wildman–Crippen MR) is 142 cm³/mol. The molecule has 0 spiro atoms. The number of carbonyl (C=O) groups is 2. The zero-order valence-electron chi connectivity index (χ0n) is 21.7. The third-order valence-corrected chi connectivity index (χ3v) is 6.94. The van der Waals surface area contributed by atoms with Crippen molar-refractivity contribution in [3.05, 3.63) is 64.6 Å². The van der Waals surface area contributed by atoms with Crippen LogP contribution in [-0.4, -0.2) is 44.5 Å². The molecule has 0 saturated carbocycles. The standard InChI is InChI=1S/C28H34F3N3O2S/c1-19(2)16-33(17-20(3)4)14-13-32-26(35)18-34-23-7-5-6-8-24(23)37-25(27(34)36)15-21-9-11-22(12-10-21)28(29,30)31/h5-12,15,19-20H,13-14,16-18H2,1-4H3,(H,32,35)/p+1. The third kappa shape index (κ3) is 8.36. The van der Waals surface area contributed by atoms with Crippen molar-refractivity contribution in [3.63, 3.8) is 0 Å². The van der Waals surface area contributed by atoms with E-state index in [2.05, 4.69) is 33.0 Å². The minimum Gasteiger partial charge on any atom is -0.349 e. The highest BCUT2D eigenvalue weighted by Crippen LogP contribution is 2.42. The monoisotopic (exact) mass is 534 g/mol. The van der Waals surface area contributed by atoms with Crippen LogP contribution in [0.15, 0.2) is 58.3 Å². The van der Waals surface area contributed by atoms with Crippen LogP contribution >= 0.6 is 11.8 Å². The van der Waals surface area contributed by atoms with Gasteiger partial charge in [-0.2, -0.15) is 13.2 Å². The van der Waals surface area contributed by atoms with Crippen molar-refractivity contribution in [1.29, 1.82) is 0 Å². The molecule has 2 aromatic carbocycles. The van der Waals surface area contributed by atoms with E-state index < -0.39 is 11.7 Å². The lowest BCUT2D eigenvalue weighted by atomic mass is 10.1. The lowest BCUT2D eigenvalue weighted by molar-refractivity contribution is -0.904. The molecule has 0 bridgehead atoms. The van der Waals surface area contributed by atoms with Gasteiger partial charge in [-0.1, -0.05) is 63.7 Å². The van der Waals surface area contributed by atoms with Crippen molar-refractivity contribution >= 4 is 35.3 Å². The molecule has 1 heterocycles. The molecule has 0 saturated heterocycles. The SMILES string of the molecule is CC(C)C[NH+](CCNC(=O)CN1C(=O)C(=Cc2ccc(C(F)(F)F)cc2)Sc2ccccc21)CC(C)C. The number of nitrogens with one attached hydrogen (secondary N) is 2. The minimum absolute atomic E-state index is 0.134. The molecule has 2 aromatic rings. The summed E-state index contributed by atoms with van der Waals surface area (Å²) in [7, 11) is 0. The number of hydrogen-bond acceptors (Lipinski definition) is 3. The van der Waals surface area contributed by atoms with Gasteiger partial charge in [0.15, 0.2) is 0 Å². The van der Waals surface area contributed by atoms with Crippen LogP contribution in [0, 0.1) is 11.8 Å². The molecule has 2 N–H and O–H groups in total. The van der Waals surface area contributed by atoms with Gasteiger partial charge in [0.05, 0.1) is 42.3 Å². The van der Waals surface area contributed by atoms with Crippen LogP contribution in [0.3, 0.4) is 0 Å². The molecule has 3 rings (SSSR count). The van der Waals surface area contributed by atoms with Gasteiger partial charge in [-0.15, -0.1) is 0 Å². The molecule has 0 aromatic heterocycles. The summed E-state index contributed by atoms with van der Waals surface area (Å²) in [6.07, 6.45) is -2.86. The maximum atomic E-state index is 13.4. The van der Waals surface area contributed by atoms with Gasteiger partial charge >= 0.3 is 6.18 Å². The highest BCUT2D eigenvalue weighted by Gasteiger charge is 2.32. The fourth-order valence-electron chi connectivity index (χ4n) is 4.36. The van der Waals surface area contributed by atoms with Crippen LogP contribution < -0.4 is 15.1 Å². The van der Waals surface area contributed by atoms with E-state index in [1.54, 1.807) is 18.2 Å². The average Bonchev–Trinajstić information content (AvgIpc) is 2.80. The van der Waals surface area contributed by atoms with Crippen LogP contribution in [0.1, 0.15) is 38.8 Å². The molecular weight excluding hydrogens is 499 g/mol. The molecular formula is C28H35F3N3O2S+. The van der Waals surface area contributed by atoms with Gasteiger partial charge in [-0.3, -0.25) is 14.5 Å². The largest absolute Gasteiger partial charge is 0.416 e. The summed E-state index contributed by atoms with van der Waals surface area (Å²) < 4.78 is 38.7. The van der Waals surface area contributed by atoms with Crippen molar-refractivity contribution in [1.82, 2.24) is 5.32 Å². The normalized spacial score (nSPS) is 15.1. The Hall–Kier alpha value is -2.78. The number of para-hydroxylation sites is 1. The van der Waals surface area contributed by atoms with Crippen LogP contribution in [0.2, 0.25) is 0 Å². The smallest absolute Gasteiger partial charge is 0.349 e. The first-order valence-corrected chi connectivity index (χ1v) is 13.3. The second-order valence-electron chi connectivity index (χ2n) is 10.1. The lowest BCUT2D eigenvalue weighted by Gasteiger charge is -2.30. The van der Waals surface area contributed by atoms with Gasteiger partial charge in [0.1, 0.15) is 6.54 Å². The average molecular weight is 535 g/mol. The van der Waals surface area contributed by atoms with E-state index in [-0.39, 0.29) is 18.4 Å². The number of benzene rings is 2. The van der Waals surface area contributed by atoms with E-state index >= 15 is 0 Å². The zero-order chi connectivity index (χ0) is 27.2. The Kier molecular flexibility index (Phi) is 9.84. The van der Waals surface area contributed by atoms with Gasteiger partial charge in [0.25, 0.3) is 5.91 Å². The number of halogens is 3. The van der Waals surface area contributed by atoms with E-state index in [0.29, 0.717) is 34.5 Å². The molecule has 1 aliphatic heterocycles. The summed E-state index contributed by atoms with van der Waals surface area (Å²) >= 11 is 1.25. The summed E-state index contributed by atoms with van der Waals surface area (Å²) in [6, 6.07) is 12.0. The number of rotatable bonds is 10. The van der Waals surface area contributed by atoms with E-state index in [0.717, 1.165) is 36.7 Å². The van der Waals surface area contributed by atoms with Crippen molar-refractivity contribution in [2.45, 2.75) is 38.8 Å². The number of thioether (sulfide) groups is 1. The highest BCUT2D eigenvalue weighted by molar-refractivity contribution is 8.04. The first-order chi connectivity index (χ1) is 17.4. The summed E-state index contributed by atoms with van der Waals surface area (Å²) in [5.41, 5.74) is 0.373. The maximum Gasteiger partial charge on any atom is 0.416 e. The fraction of sp³-hybridized carbons (Fsp3) is 0.429. The quantitative estimate of drug-likeness (QED) is 0.442. The minimum atomic E-state index is -4.42. The van der Waals surface area contributed by atoms with E-state index in [4.69, 9.17) is 0 Å². The van der Waals surface area contributed by atoms with E-state index in [1.165, 1.54) is 33.7 Å². The first-order valence-electron chi connectivity index (χ1n) is 12.5. The molecule has 0 radical (unpaired) electrons. The number of amides is 2. The summed E-state index contributed by atoms with van der Waals surface area (Å²) in [4.78, 5) is 30.2. The van der Waals surface area contributed by atoms with Gasteiger partial charge in [-0.05, 0) is 35.9 Å². The highest BCUT2D eigenvalue weighted by atomic mass is 32.2. The molecule has 0 unspecified atom stereocenters. The molecule has 200 valence electrons.